The van der Waals surface area contributed by atoms with E-state index in [0.717, 1.165) is 22.4 Å². The summed E-state index contributed by atoms with van der Waals surface area (Å²) in [6, 6.07) is 14.9. The molecule has 4 heteroatoms. The third-order valence-corrected chi connectivity index (χ3v) is 3.46. The maximum absolute atomic E-state index is 12.4. The van der Waals surface area contributed by atoms with Gasteiger partial charge in [0.1, 0.15) is 11.6 Å². The second-order valence-corrected chi connectivity index (χ2v) is 5.00. The lowest BCUT2D eigenvalue weighted by atomic mass is 10.1. The van der Waals surface area contributed by atoms with Crippen molar-refractivity contribution in [1.82, 2.24) is 9.55 Å². The number of aryl methyl sites for hydroxylation is 1. The van der Waals surface area contributed by atoms with Crippen LogP contribution in [-0.2, 0) is 0 Å². The van der Waals surface area contributed by atoms with Crippen molar-refractivity contribution in [1.29, 1.82) is 5.26 Å². The summed E-state index contributed by atoms with van der Waals surface area (Å²) >= 11 is 0. The van der Waals surface area contributed by atoms with Crippen LogP contribution in [0.5, 0.6) is 0 Å². The fourth-order valence-electron chi connectivity index (χ4n) is 2.26. The van der Waals surface area contributed by atoms with Gasteiger partial charge in [0.25, 0.3) is 5.56 Å². The zero-order chi connectivity index (χ0) is 15.5. The van der Waals surface area contributed by atoms with Gasteiger partial charge in [-0.2, -0.15) is 5.26 Å². The lowest BCUT2D eigenvalue weighted by Crippen LogP contribution is -2.20. The highest BCUT2D eigenvalue weighted by Gasteiger charge is 2.09. The highest BCUT2D eigenvalue weighted by molar-refractivity contribution is 5.64. The summed E-state index contributed by atoms with van der Waals surface area (Å²) < 4.78 is 1.51. The fourth-order valence-corrected chi connectivity index (χ4v) is 2.26. The molecule has 0 amide bonds. The molecule has 0 fully saturated rings. The normalized spacial score (nSPS) is 10.2. The molecule has 1 aromatic carbocycles. The molecule has 0 saturated carbocycles. The van der Waals surface area contributed by atoms with Crippen LogP contribution in [0.1, 0.15) is 11.1 Å². The molecule has 2 aromatic heterocycles. The number of aromatic nitrogens is 2. The quantitative estimate of drug-likeness (QED) is 0.727. The van der Waals surface area contributed by atoms with Crippen LogP contribution in [-0.4, -0.2) is 9.55 Å². The van der Waals surface area contributed by atoms with Gasteiger partial charge in [-0.1, -0.05) is 17.7 Å². The van der Waals surface area contributed by atoms with Crippen LogP contribution in [0.2, 0.25) is 0 Å². The molecule has 0 aliphatic rings. The average Bonchev–Trinajstić information content (AvgIpc) is 2.57. The Morgan fingerprint density at radius 1 is 1.05 bits per heavy atom. The Balaban J connectivity index is 2.24. The van der Waals surface area contributed by atoms with E-state index in [4.69, 9.17) is 0 Å². The molecule has 0 aliphatic carbocycles. The number of pyridine rings is 2. The van der Waals surface area contributed by atoms with E-state index in [2.05, 4.69) is 4.98 Å². The van der Waals surface area contributed by atoms with Gasteiger partial charge >= 0.3 is 0 Å². The first-order valence-corrected chi connectivity index (χ1v) is 6.83. The smallest absolute Gasteiger partial charge is 0.273 e. The molecule has 0 radical (unpaired) electrons. The maximum Gasteiger partial charge on any atom is 0.273 e. The summed E-state index contributed by atoms with van der Waals surface area (Å²) in [5.41, 5.74) is 3.37. The average molecular weight is 287 g/mol. The van der Waals surface area contributed by atoms with Crippen molar-refractivity contribution in [3.8, 4) is 22.9 Å². The second-order valence-electron chi connectivity index (χ2n) is 5.00. The van der Waals surface area contributed by atoms with E-state index in [9.17, 15) is 10.1 Å². The van der Waals surface area contributed by atoms with E-state index in [1.54, 1.807) is 24.7 Å². The van der Waals surface area contributed by atoms with Crippen LogP contribution in [0.4, 0.5) is 0 Å². The van der Waals surface area contributed by atoms with E-state index < -0.39 is 0 Å². The van der Waals surface area contributed by atoms with Crippen molar-refractivity contribution in [3.63, 3.8) is 0 Å². The van der Waals surface area contributed by atoms with Crippen molar-refractivity contribution in [2.75, 3.05) is 0 Å². The molecule has 106 valence electrons. The Morgan fingerprint density at radius 2 is 1.73 bits per heavy atom. The number of nitrogens with zero attached hydrogens (tertiary/aromatic N) is 3. The summed E-state index contributed by atoms with van der Waals surface area (Å²) in [4.78, 5) is 16.4. The van der Waals surface area contributed by atoms with E-state index in [-0.39, 0.29) is 11.1 Å². The SMILES string of the molecule is Cc1ccc(-n2cc(-c3ccncc3)cc(C#N)c2=O)cc1. The summed E-state index contributed by atoms with van der Waals surface area (Å²) in [6.07, 6.45) is 5.12. The van der Waals surface area contributed by atoms with Gasteiger partial charge in [-0.05, 0) is 42.8 Å². The van der Waals surface area contributed by atoms with Gasteiger partial charge in [0.15, 0.2) is 0 Å². The minimum Gasteiger partial charge on any atom is -0.283 e. The van der Waals surface area contributed by atoms with Crippen LogP contribution in [0.25, 0.3) is 16.8 Å². The van der Waals surface area contributed by atoms with Gasteiger partial charge in [-0.25, -0.2) is 0 Å². The van der Waals surface area contributed by atoms with E-state index in [1.807, 2.05) is 49.4 Å². The number of hydrogen-bond donors (Lipinski definition) is 0. The molecule has 0 spiro atoms. The summed E-state index contributed by atoms with van der Waals surface area (Å²) in [5.74, 6) is 0. The minimum absolute atomic E-state index is 0.120. The predicted octanol–water partition coefficient (Wildman–Crippen LogP) is 3.08. The molecule has 0 aliphatic heterocycles. The molecule has 3 rings (SSSR count). The lowest BCUT2D eigenvalue weighted by Gasteiger charge is -2.10. The Kier molecular flexibility index (Phi) is 3.55. The Hall–Kier alpha value is -3.19. The highest BCUT2D eigenvalue weighted by atomic mass is 16.1. The van der Waals surface area contributed by atoms with E-state index >= 15 is 0 Å². The van der Waals surface area contributed by atoms with Crippen molar-refractivity contribution in [3.05, 3.63) is 82.5 Å². The van der Waals surface area contributed by atoms with E-state index in [1.165, 1.54) is 4.57 Å². The summed E-state index contributed by atoms with van der Waals surface area (Å²) in [5, 5.41) is 9.23. The van der Waals surface area contributed by atoms with Crippen molar-refractivity contribution >= 4 is 0 Å². The van der Waals surface area contributed by atoms with Gasteiger partial charge < -0.3 is 0 Å². The summed E-state index contributed by atoms with van der Waals surface area (Å²) in [7, 11) is 0. The molecule has 0 saturated heterocycles. The number of rotatable bonds is 2. The van der Waals surface area contributed by atoms with Gasteiger partial charge in [0.2, 0.25) is 0 Å². The largest absolute Gasteiger partial charge is 0.283 e. The molecule has 2 heterocycles. The molecular weight excluding hydrogens is 274 g/mol. The molecule has 0 unspecified atom stereocenters. The Morgan fingerprint density at radius 3 is 2.36 bits per heavy atom. The monoisotopic (exact) mass is 287 g/mol. The van der Waals surface area contributed by atoms with Crippen LogP contribution in [0.15, 0.2) is 65.8 Å². The predicted molar refractivity (Wildman–Crippen MR) is 84.7 cm³/mol. The van der Waals surface area contributed by atoms with Gasteiger partial charge in [0.05, 0.1) is 0 Å². The van der Waals surface area contributed by atoms with Crippen LogP contribution < -0.4 is 5.56 Å². The summed E-state index contributed by atoms with van der Waals surface area (Å²) in [6.45, 7) is 1.99. The van der Waals surface area contributed by atoms with Crippen LogP contribution >= 0.6 is 0 Å². The standard InChI is InChI=1S/C18H13N3O/c1-13-2-4-17(5-3-13)21-12-16(10-15(11-19)18(21)22)14-6-8-20-9-7-14/h2-10,12H,1H3. The zero-order valence-corrected chi connectivity index (χ0v) is 12.0. The Labute approximate surface area is 127 Å². The molecule has 0 bridgehead atoms. The number of benzene rings is 1. The topological polar surface area (TPSA) is 58.7 Å². The van der Waals surface area contributed by atoms with Crippen molar-refractivity contribution < 1.29 is 0 Å². The molecule has 0 atom stereocenters. The zero-order valence-electron chi connectivity index (χ0n) is 12.0. The van der Waals surface area contributed by atoms with Gasteiger partial charge in [-0.15, -0.1) is 0 Å². The van der Waals surface area contributed by atoms with E-state index in [0.29, 0.717) is 0 Å². The molecule has 3 aromatic rings. The fraction of sp³-hybridized carbons (Fsp3) is 0.0556. The maximum atomic E-state index is 12.4. The first kappa shape index (κ1) is 13.8. The van der Waals surface area contributed by atoms with Crippen LogP contribution in [0, 0.1) is 18.3 Å². The van der Waals surface area contributed by atoms with Crippen molar-refractivity contribution in [2.45, 2.75) is 6.92 Å². The molecular formula is C18H13N3O. The second kappa shape index (κ2) is 5.66. The Bertz CT molecular complexity index is 904. The number of nitriles is 1. The molecule has 0 N–H and O–H groups in total. The van der Waals surface area contributed by atoms with Gasteiger partial charge in [0, 0.05) is 29.8 Å². The highest BCUT2D eigenvalue weighted by Crippen LogP contribution is 2.19. The third-order valence-electron chi connectivity index (χ3n) is 3.46. The molecule has 4 nitrogen and oxygen atoms in total. The minimum atomic E-state index is -0.316. The molecule has 22 heavy (non-hydrogen) atoms. The first-order valence-electron chi connectivity index (χ1n) is 6.83. The number of hydrogen-bond acceptors (Lipinski definition) is 3. The lowest BCUT2D eigenvalue weighted by molar-refractivity contribution is 0.983. The van der Waals surface area contributed by atoms with Crippen molar-refractivity contribution in [2.24, 2.45) is 0 Å². The van der Waals surface area contributed by atoms with Crippen LogP contribution in [0.3, 0.4) is 0 Å². The third kappa shape index (κ3) is 2.52. The first-order chi connectivity index (χ1) is 10.7. The van der Waals surface area contributed by atoms with Gasteiger partial charge in [-0.3, -0.25) is 14.3 Å².